The zero-order valence-corrected chi connectivity index (χ0v) is 17.2. The van der Waals surface area contributed by atoms with Crippen LogP contribution in [0.25, 0.3) is 0 Å². The Hall–Kier alpha value is -2.32. The number of hydrogen-bond acceptors (Lipinski definition) is 3. The summed E-state index contributed by atoms with van der Waals surface area (Å²) in [4.78, 5) is 12.0. The number of piperidine rings is 1. The van der Waals surface area contributed by atoms with Crippen molar-refractivity contribution in [3.63, 3.8) is 0 Å². The van der Waals surface area contributed by atoms with Gasteiger partial charge in [-0.1, -0.05) is 19.4 Å². The van der Waals surface area contributed by atoms with E-state index in [9.17, 15) is 22.0 Å². The standard InChI is InChI=1S/C21H24F2N2O3S/c1-3-17-6-4-5-11-25(17)29(27,28)20-12-15(8-10-18(20)22)21(26)24-16-9-7-14(2)19(23)13-16/h7-10,12-13,17H,3-6,11H2,1-2H3,(H,24,26)/t17-/m1/s1. The Labute approximate surface area is 169 Å². The number of amides is 1. The van der Waals surface area contributed by atoms with Gasteiger partial charge in [0.2, 0.25) is 10.0 Å². The number of rotatable bonds is 5. The third-order valence-corrected chi connectivity index (χ3v) is 7.22. The largest absolute Gasteiger partial charge is 0.322 e. The van der Waals surface area contributed by atoms with Crippen molar-refractivity contribution in [3.8, 4) is 0 Å². The van der Waals surface area contributed by atoms with E-state index in [4.69, 9.17) is 0 Å². The number of carbonyl (C=O) groups is 1. The highest BCUT2D eigenvalue weighted by Crippen LogP contribution is 2.29. The van der Waals surface area contributed by atoms with Gasteiger partial charge in [-0.15, -0.1) is 0 Å². The summed E-state index contributed by atoms with van der Waals surface area (Å²) in [6.45, 7) is 3.83. The molecule has 0 aromatic heterocycles. The maximum atomic E-state index is 14.5. The number of nitrogens with zero attached hydrogens (tertiary/aromatic N) is 1. The van der Waals surface area contributed by atoms with Gasteiger partial charge in [-0.2, -0.15) is 4.31 Å². The third-order valence-electron chi connectivity index (χ3n) is 5.25. The van der Waals surface area contributed by atoms with Crippen LogP contribution in [0.5, 0.6) is 0 Å². The molecule has 0 unspecified atom stereocenters. The normalized spacial score (nSPS) is 17.9. The first-order chi connectivity index (χ1) is 13.7. The highest BCUT2D eigenvalue weighted by molar-refractivity contribution is 7.89. The summed E-state index contributed by atoms with van der Waals surface area (Å²) in [6, 6.07) is 7.29. The predicted molar refractivity (Wildman–Crippen MR) is 107 cm³/mol. The number of hydrogen-bond donors (Lipinski definition) is 1. The van der Waals surface area contributed by atoms with Gasteiger partial charge in [-0.25, -0.2) is 17.2 Å². The van der Waals surface area contributed by atoms with E-state index < -0.39 is 32.5 Å². The van der Waals surface area contributed by atoms with Crippen LogP contribution in [0.1, 0.15) is 48.5 Å². The van der Waals surface area contributed by atoms with Gasteiger partial charge >= 0.3 is 0 Å². The maximum absolute atomic E-state index is 14.5. The molecule has 29 heavy (non-hydrogen) atoms. The fraction of sp³-hybridized carbons (Fsp3) is 0.381. The molecule has 1 saturated heterocycles. The van der Waals surface area contributed by atoms with Crippen LogP contribution in [0.15, 0.2) is 41.3 Å². The van der Waals surface area contributed by atoms with Gasteiger partial charge in [0.25, 0.3) is 5.91 Å². The van der Waals surface area contributed by atoms with E-state index in [1.54, 1.807) is 6.92 Å². The van der Waals surface area contributed by atoms with E-state index in [1.807, 2.05) is 6.92 Å². The molecule has 2 aromatic carbocycles. The molecule has 156 valence electrons. The molecule has 1 amide bonds. The van der Waals surface area contributed by atoms with Crippen LogP contribution < -0.4 is 5.32 Å². The molecule has 1 aliphatic heterocycles. The van der Waals surface area contributed by atoms with Crippen LogP contribution in [-0.2, 0) is 10.0 Å². The minimum Gasteiger partial charge on any atom is -0.322 e. The van der Waals surface area contributed by atoms with E-state index in [1.165, 1.54) is 28.6 Å². The van der Waals surface area contributed by atoms with Crippen molar-refractivity contribution in [2.45, 2.75) is 50.5 Å². The summed E-state index contributed by atoms with van der Waals surface area (Å²) < 4.78 is 55.7. The summed E-state index contributed by atoms with van der Waals surface area (Å²) in [6.07, 6.45) is 3.02. The molecule has 0 saturated carbocycles. The van der Waals surface area contributed by atoms with Gasteiger partial charge in [0.1, 0.15) is 16.5 Å². The Morgan fingerprint density at radius 1 is 1.14 bits per heavy atom. The van der Waals surface area contributed by atoms with Crippen molar-refractivity contribution in [1.29, 1.82) is 0 Å². The molecular formula is C21H24F2N2O3S. The molecule has 1 atom stereocenters. The minimum absolute atomic E-state index is 0.0176. The van der Waals surface area contributed by atoms with E-state index in [-0.39, 0.29) is 17.3 Å². The lowest BCUT2D eigenvalue weighted by Crippen LogP contribution is -2.43. The summed E-state index contributed by atoms with van der Waals surface area (Å²) in [5.74, 6) is -2.01. The van der Waals surface area contributed by atoms with Crippen LogP contribution in [-0.4, -0.2) is 31.2 Å². The predicted octanol–water partition coefficient (Wildman–Crippen LogP) is 4.48. The monoisotopic (exact) mass is 422 g/mol. The van der Waals surface area contributed by atoms with Crippen molar-refractivity contribution in [3.05, 3.63) is 59.2 Å². The summed E-state index contributed by atoms with van der Waals surface area (Å²) in [5, 5.41) is 2.51. The number of benzene rings is 2. The Balaban J connectivity index is 1.90. The first-order valence-corrected chi connectivity index (χ1v) is 11.1. The van der Waals surface area contributed by atoms with Gasteiger partial charge in [-0.05, 0) is 62.1 Å². The molecule has 2 aromatic rings. The summed E-state index contributed by atoms with van der Waals surface area (Å²) >= 11 is 0. The summed E-state index contributed by atoms with van der Waals surface area (Å²) in [7, 11) is -4.08. The van der Waals surface area contributed by atoms with Crippen molar-refractivity contribution < 1.29 is 22.0 Å². The number of anilines is 1. The lowest BCUT2D eigenvalue weighted by molar-refractivity contribution is 0.102. The maximum Gasteiger partial charge on any atom is 0.255 e. The Bertz CT molecular complexity index is 1020. The van der Waals surface area contributed by atoms with Crippen LogP contribution >= 0.6 is 0 Å². The lowest BCUT2D eigenvalue weighted by atomic mass is 10.0. The van der Waals surface area contributed by atoms with E-state index in [0.717, 1.165) is 31.4 Å². The first-order valence-electron chi connectivity index (χ1n) is 9.63. The molecule has 1 aliphatic rings. The fourth-order valence-electron chi connectivity index (χ4n) is 3.54. The Morgan fingerprint density at radius 2 is 1.90 bits per heavy atom. The Kier molecular flexibility index (Phi) is 6.33. The first kappa shape index (κ1) is 21.4. The van der Waals surface area contributed by atoms with Gasteiger partial charge in [0.15, 0.2) is 0 Å². The molecule has 8 heteroatoms. The zero-order chi connectivity index (χ0) is 21.2. The fourth-order valence-corrected chi connectivity index (χ4v) is 5.40. The molecule has 0 aliphatic carbocycles. The SMILES string of the molecule is CC[C@@H]1CCCCN1S(=O)(=O)c1cc(C(=O)Nc2ccc(C)c(F)c2)ccc1F. The average molecular weight is 422 g/mol. The highest BCUT2D eigenvalue weighted by Gasteiger charge is 2.34. The quantitative estimate of drug-likeness (QED) is 0.773. The van der Waals surface area contributed by atoms with E-state index >= 15 is 0 Å². The molecule has 0 spiro atoms. The highest BCUT2D eigenvalue weighted by atomic mass is 32.2. The number of nitrogens with one attached hydrogen (secondary N) is 1. The van der Waals surface area contributed by atoms with Crippen molar-refractivity contribution in [2.75, 3.05) is 11.9 Å². The van der Waals surface area contributed by atoms with Crippen LogP contribution in [0, 0.1) is 18.6 Å². The van der Waals surface area contributed by atoms with Crippen LogP contribution in [0.2, 0.25) is 0 Å². The Morgan fingerprint density at radius 3 is 2.59 bits per heavy atom. The molecule has 0 bridgehead atoms. The van der Waals surface area contributed by atoms with Gasteiger partial charge in [0.05, 0.1) is 0 Å². The molecule has 3 rings (SSSR count). The average Bonchev–Trinajstić information content (AvgIpc) is 2.70. The molecule has 0 radical (unpaired) electrons. The van der Waals surface area contributed by atoms with Crippen LogP contribution in [0.4, 0.5) is 14.5 Å². The number of halogens is 2. The van der Waals surface area contributed by atoms with Crippen molar-refractivity contribution in [1.82, 2.24) is 4.31 Å². The second-order valence-corrected chi connectivity index (χ2v) is 9.10. The second-order valence-electron chi connectivity index (χ2n) is 7.24. The number of carbonyl (C=O) groups excluding carboxylic acids is 1. The van der Waals surface area contributed by atoms with Crippen molar-refractivity contribution >= 4 is 21.6 Å². The van der Waals surface area contributed by atoms with Crippen LogP contribution in [0.3, 0.4) is 0 Å². The zero-order valence-electron chi connectivity index (χ0n) is 16.4. The van der Waals surface area contributed by atoms with Crippen molar-refractivity contribution in [2.24, 2.45) is 0 Å². The third kappa shape index (κ3) is 4.48. The molecule has 1 heterocycles. The van der Waals surface area contributed by atoms with Gasteiger partial charge in [-0.3, -0.25) is 4.79 Å². The molecule has 1 N–H and O–H groups in total. The number of sulfonamides is 1. The second kappa shape index (κ2) is 8.59. The van der Waals surface area contributed by atoms with E-state index in [2.05, 4.69) is 5.32 Å². The molecule has 1 fully saturated rings. The summed E-state index contributed by atoms with van der Waals surface area (Å²) in [5.41, 5.74) is 0.648. The minimum atomic E-state index is -4.08. The molecule has 5 nitrogen and oxygen atoms in total. The van der Waals surface area contributed by atoms with E-state index in [0.29, 0.717) is 18.5 Å². The smallest absolute Gasteiger partial charge is 0.255 e. The van der Waals surface area contributed by atoms with Gasteiger partial charge < -0.3 is 5.32 Å². The topological polar surface area (TPSA) is 66.5 Å². The molecular weight excluding hydrogens is 398 g/mol. The van der Waals surface area contributed by atoms with Gasteiger partial charge in [0, 0.05) is 23.8 Å². The lowest BCUT2D eigenvalue weighted by Gasteiger charge is -2.34. The number of aryl methyl sites for hydroxylation is 1.